The van der Waals surface area contributed by atoms with Crippen molar-refractivity contribution in [1.82, 2.24) is 4.98 Å². The molecule has 5 heteroatoms. The predicted octanol–water partition coefficient (Wildman–Crippen LogP) is 0.983. The average Bonchev–Trinajstić information content (AvgIpc) is 2.50. The number of aromatic nitrogens is 1. The van der Waals surface area contributed by atoms with Crippen LogP contribution in [-0.2, 0) is 4.74 Å². The van der Waals surface area contributed by atoms with Crippen molar-refractivity contribution in [2.45, 2.75) is 20.8 Å². The zero-order valence-corrected chi connectivity index (χ0v) is 9.59. The largest absolute Gasteiger partial charge is 0.459 e. The molecule has 0 saturated heterocycles. The quantitative estimate of drug-likeness (QED) is 0.591. The van der Waals surface area contributed by atoms with Gasteiger partial charge in [-0.15, -0.1) is 0 Å². The molecule has 0 fully saturated rings. The summed E-state index contributed by atoms with van der Waals surface area (Å²) >= 11 is 0. The highest BCUT2D eigenvalue weighted by molar-refractivity contribution is 6.01. The minimum Gasteiger partial charge on any atom is -0.459 e. The summed E-state index contributed by atoms with van der Waals surface area (Å²) in [4.78, 5) is 25.7. The van der Waals surface area contributed by atoms with Gasteiger partial charge < -0.3 is 14.8 Å². The number of rotatable bonds is 4. The van der Waals surface area contributed by atoms with Crippen LogP contribution in [0.25, 0.3) is 0 Å². The minimum absolute atomic E-state index is 0.0499. The Labute approximate surface area is 93.4 Å². The highest BCUT2D eigenvalue weighted by atomic mass is 16.5. The molecule has 0 spiro atoms. The lowest BCUT2D eigenvalue weighted by Crippen LogP contribution is -2.10. The van der Waals surface area contributed by atoms with Gasteiger partial charge in [0.2, 0.25) is 0 Å². The lowest BCUT2D eigenvalue weighted by Gasteiger charge is -2.01. The molecule has 2 N–H and O–H groups in total. The van der Waals surface area contributed by atoms with Gasteiger partial charge in [-0.3, -0.25) is 4.79 Å². The Hall–Kier alpha value is -1.62. The molecule has 1 aromatic heterocycles. The molecule has 0 aromatic carbocycles. The number of carbonyl (C=O) groups is 2. The van der Waals surface area contributed by atoms with E-state index in [0.29, 0.717) is 16.8 Å². The second-order valence-corrected chi connectivity index (χ2v) is 3.54. The van der Waals surface area contributed by atoms with Gasteiger partial charge in [0.1, 0.15) is 12.3 Å². The first kappa shape index (κ1) is 12.4. The summed E-state index contributed by atoms with van der Waals surface area (Å²) in [5, 5.41) is 8.54. The fourth-order valence-corrected chi connectivity index (χ4v) is 1.69. The Morgan fingerprint density at radius 2 is 2.00 bits per heavy atom. The third-order valence-electron chi connectivity index (χ3n) is 2.32. The number of nitrogens with one attached hydrogen (secondary N) is 1. The van der Waals surface area contributed by atoms with Crippen LogP contribution in [0.1, 0.15) is 39.0 Å². The summed E-state index contributed by atoms with van der Waals surface area (Å²) < 4.78 is 4.77. The molecule has 0 radical (unpaired) electrons. The normalized spacial score (nSPS) is 10.2. The molecule has 88 valence electrons. The molecule has 16 heavy (non-hydrogen) atoms. The summed E-state index contributed by atoms with van der Waals surface area (Å²) in [5.41, 5.74) is 2.04. The first-order chi connectivity index (χ1) is 7.49. The number of hydrogen-bond acceptors (Lipinski definition) is 4. The van der Waals surface area contributed by atoms with E-state index in [2.05, 4.69) is 4.98 Å². The van der Waals surface area contributed by atoms with Crippen LogP contribution in [0.2, 0.25) is 0 Å². The number of ketones is 1. The Balaban J connectivity index is 3.03. The number of ether oxygens (including phenoxy) is 1. The van der Waals surface area contributed by atoms with Gasteiger partial charge in [-0.05, 0) is 26.3 Å². The highest BCUT2D eigenvalue weighted by Crippen LogP contribution is 2.18. The Morgan fingerprint density at radius 1 is 1.38 bits per heavy atom. The number of aliphatic hydroxyl groups is 1. The number of hydrogen-bond donors (Lipinski definition) is 2. The molecule has 0 aliphatic heterocycles. The molecule has 0 aliphatic carbocycles. The summed E-state index contributed by atoms with van der Waals surface area (Å²) in [6, 6.07) is 0. The molecule has 0 atom stereocenters. The zero-order valence-electron chi connectivity index (χ0n) is 9.59. The summed E-state index contributed by atoms with van der Waals surface area (Å²) in [6.45, 7) is 4.60. The number of aliphatic hydroxyl groups excluding tert-OH is 1. The van der Waals surface area contributed by atoms with E-state index in [4.69, 9.17) is 9.84 Å². The number of Topliss-reactive ketones (excluding diaryl/α,β-unsaturated/α-hetero) is 1. The van der Waals surface area contributed by atoms with E-state index in [0.717, 1.165) is 0 Å². The van der Waals surface area contributed by atoms with Crippen LogP contribution in [0, 0.1) is 13.8 Å². The Morgan fingerprint density at radius 3 is 2.44 bits per heavy atom. The molecule has 5 nitrogen and oxygen atoms in total. The van der Waals surface area contributed by atoms with E-state index in [1.54, 1.807) is 13.8 Å². The van der Waals surface area contributed by atoms with Crippen molar-refractivity contribution in [3.05, 3.63) is 22.5 Å². The topological polar surface area (TPSA) is 79.4 Å². The summed E-state index contributed by atoms with van der Waals surface area (Å²) in [7, 11) is 0. The van der Waals surface area contributed by atoms with E-state index in [9.17, 15) is 9.59 Å². The van der Waals surface area contributed by atoms with Crippen LogP contribution in [0.15, 0.2) is 0 Å². The molecule has 0 bridgehead atoms. The SMILES string of the molecule is CC(=O)c1c(C)[nH]c(C(=O)OCCO)c1C. The summed E-state index contributed by atoms with van der Waals surface area (Å²) in [5.74, 6) is -0.644. The van der Waals surface area contributed by atoms with Gasteiger partial charge in [-0.1, -0.05) is 0 Å². The third kappa shape index (κ3) is 2.30. The molecule has 0 unspecified atom stereocenters. The Bertz CT molecular complexity index is 420. The van der Waals surface area contributed by atoms with E-state index in [1.165, 1.54) is 6.92 Å². The van der Waals surface area contributed by atoms with Crippen LogP contribution < -0.4 is 0 Å². The van der Waals surface area contributed by atoms with Crippen molar-refractivity contribution < 1.29 is 19.4 Å². The van der Waals surface area contributed by atoms with Gasteiger partial charge in [-0.25, -0.2) is 4.79 Å². The zero-order chi connectivity index (χ0) is 12.3. The van der Waals surface area contributed by atoms with Gasteiger partial charge in [-0.2, -0.15) is 0 Å². The second kappa shape index (κ2) is 4.94. The number of carbonyl (C=O) groups excluding carboxylic acids is 2. The standard InChI is InChI=1S/C11H15NO4/c1-6-9(8(3)14)7(2)12-10(6)11(15)16-5-4-13/h12-13H,4-5H2,1-3H3. The van der Waals surface area contributed by atoms with Crippen molar-refractivity contribution in [3.63, 3.8) is 0 Å². The van der Waals surface area contributed by atoms with Crippen LogP contribution >= 0.6 is 0 Å². The van der Waals surface area contributed by atoms with E-state index < -0.39 is 5.97 Å². The maximum atomic E-state index is 11.5. The van der Waals surface area contributed by atoms with Crippen molar-refractivity contribution >= 4 is 11.8 Å². The first-order valence-electron chi connectivity index (χ1n) is 4.97. The molecule has 1 heterocycles. The monoisotopic (exact) mass is 225 g/mol. The predicted molar refractivity (Wildman–Crippen MR) is 57.6 cm³/mol. The fourth-order valence-electron chi connectivity index (χ4n) is 1.69. The lowest BCUT2D eigenvalue weighted by atomic mass is 10.1. The van der Waals surface area contributed by atoms with Crippen molar-refractivity contribution in [2.75, 3.05) is 13.2 Å². The second-order valence-electron chi connectivity index (χ2n) is 3.54. The van der Waals surface area contributed by atoms with Crippen molar-refractivity contribution in [2.24, 2.45) is 0 Å². The Kier molecular flexibility index (Phi) is 3.84. The van der Waals surface area contributed by atoms with Crippen LogP contribution in [0.4, 0.5) is 0 Å². The van der Waals surface area contributed by atoms with Crippen LogP contribution in [0.3, 0.4) is 0 Å². The maximum absolute atomic E-state index is 11.5. The highest BCUT2D eigenvalue weighted by Gasteiger charge is 2.20. The number of H-pyrrole nitrogens is 1. The van der Waals surface area contributed by atoms with E-state index in [1.807, 2.05) is 0 Å². The van der Waals surface area contributed by atoms with E-state index in [-0.39, 0.29) is 24.7 Å². The molecule has 0 amide bonds. The van der Waals surface area contributed by atoms with Gasteiger partial charge in [0, 0.05) is 11.3 Å². The van der Waals surface area contributed by atoms with Gasteiger partial charge in [0.15, 0.2) is 5.78 Å². The van der Waals surface area contributed by atoms with Crippen LogP contribution in [0.5, 0.6) is 0 Å². The van der Waals surface area contributed by atoms with E-state index >= 15 is 0 Å². The molecule has 1 rings (SSSR count). The minimum atomic E-state index is -0.554. The molecule has 0 aliphatic rings. The fraction of sp³-hybridized carbons (Fsp3) is 0.455. The van der Waals surface area contributed by atoms with Gasteiger partial charge in [0.05, 0.1) is 6.61 Å². The van der Waals surface area contributed by atoms with Gasteiger partial charge >= 0.3 is 5.97 Å². The van der Waals surface area contributed by atoms with Crippen molar-refractivity contribution in [3.8, 4) is 0 Å². The molecule has 0 saturated carbocycles. The van der Waals surface area contributed by atoms with Crippen LogP contribution in [-0.4, -0.2) is 35.1 Å². The lowest BCUT2D eigenvalue weighted by molar-refractivity contribution is 0.0427. The molecule has 1 aromatic rings. The van der Waals surface area contributed by atoms with Crippen molar-refractivity contribution in [1.29, 1.82) is 0 Å². The number of aryl methyl sites for hydroxylation is 1. The summed E-state index contributed by atoms with van der Waals surface area (Å²) in [6.07, 6.45) is 0. The average molecular weight is 225 g/mol. The first-order valence-corrected chi connectivity index (χ1v) is 4.97. The smallest absolute Gasteiger partial charge is 0.355 e. The number of esters is 1. The molecular weight excluding hydrogens is 210 g/mol. The molecular formula is C11H15NO4. The van der Waals surface area contributed by atoms with Gasteiger partial charge in [0.25, 0.3) is 0 Å². The number of aromatic amines is 1. The maximum Gasteiger partial charge on any atom is 0.355 e. The third-order valence-corrected chi connectivity index (χ3v) is 2.32.